The lowest BCUT2D eigenvalue weighted by Crippen LogP contribution is -2.18. The van der Waals surface area contributed by atoms with E-state index in [9.17, 15) is 13.2 Å². The van der Waals surface area contributed by atoms with Gasteiger partial charge < -0.3 is 0 Å². The molecule has 0 aromatic carbocycles. The molecule has 0 fully saturated rings. The summed E-state index contributed by atoms with van der Waals surface area (Å²) in [6, 6.07) is 0. The van der Waals surface area contributed by atoms with Crippen molar-refractivity contribution < 1.29 is 13.2 Å². The summed E-state index contributed by atoms with van der Waals surface area (Å²) in [5.41, 5.74) is 0. The summed E-state index contributed by atoms with van der Waals surface area (Å²) in [5.74, 6) is 0.150. The zero-order valence-electron chi connectivity index (χ0n) is 6.06. The summed E-state index contributed by atoms with van der Waals surface area (Å²) in [6.07, 6.45) is -4.29. The number of hydrogen-bond donors (Lipinski definition) is 0. The molecule has 0 amide bonds. The van der Waals surface area contributed by atoms with Crippen molar-refractivity contribution in [3.63, 3.8) is 0 Å². The minimum atomic E-state index is -4.29. The van der Waals surface area contributed by atoms with Crippen LogP contribution < -0.4 is 0 Å². The lowest BCUT2D eigenvalue weighted by atomic mass is 10.6. The topological polar surface area (TPSA) is 30.7 Å². The average Bonchev–Trinajstić information content (AvgIpc) is 2.16. The summed E-state index contributed by atoms with van der Waals surface area (Å²) in [6.45, 7) is 0.259. The maximum absolute atomic E-state index is 11.8. The lowest BCUT2D eigenvalue weighted by molar-refractivity contribution is -0.140. The monoisotopic (exact) mass is 199 g/mol. The minimum absolute atomic E-state index is 0.150. The van der Waals surface area contributed by atoms with Gasteiger partial charge in [0.1, 0.15) is 12.4 Å². The van der Waals surface area contributed by atoms with Gasteiger partial charge in [0.15, 0.2) is 0 Å². The average molecular weight is 200 g/mol. The Labute approximate surface area is 71.2 Å². The Kier molecular flexibility index (Phi) is 2.27. The highest BCUT2D eigenvalue weighted by Crippen LogP contribution is 2.20. The van der Waals surface area contributed by atoms with Gasteiger partial charge in [-0.05, 0) is 18.5 Å². The molecule has 3 nitrogen and oxygen atoms in total. The third kappa shape index (κ3) is 2.10. The van der Waals surface area contributed by atoms with Crippen LogP contribution >= 0.6 is 11.6 Å². The molecular weight excluding hydrogens is 195 g/mol. The number of hydrogen-bond acceptors (Lipinski definition) is 2. The van der Waals surface area contributed by atoms with E-state index in [4.69, 9.17) is 11.6 Å². The van der Waals surface area contributed by atoms with Gasteiger partial charge in [-0.1, -0.05) is 0 Å². The van der Waals surface area contributed by atoms with Gasteiger partial charge in [0.2, 0.25) is 5.28 Å². The van der Waals surface area contributed by atoms with Crippen molar-refractivity contribution in [1.82, 2.24) is 14.8 Å². The van der Waals surface area contributed by atoms with E-state index in [-0.39, 0.29) is 11.1 Å². The maximum atomic E-state index is 11.8. The van der Waals surface area contributed by atoms with E-state index in [1.54, 1.807) is 0 Å². The molecular formula is C5H5ClF3N3. The van der Waals surface area contributed by atoms with Crippen LogP contribution in [0.3, 0.4) is 0 Å². The molecule has 0 bridgehead atoms. The highest BCUT2D eigenvalue weighted by Gasteiger charge is 2.29. The molecule has 0 saturated heterocycles. The molecule has 0 aliphatic rings. The van der Waals surface area contributed by atoms with E-state index < -0.39 is 12.7 Å². The zero-order valence-corrected chi connectivity index (χ0v) is 6.82. The summed E-state index contributed by atoms with van der Waals surface area (Å²) in [7, 11) is 0. The fraction of sp³-hybridized carbons (Fsp3) is 0.600. The second-order valence-electron chi connectivity index (χ2n) is 2.22. The van der Waals surface area contributed by atoms with Gasteiger partial charge in [-0.2, -0.15) is 13.2 Å². The molecule has 1 aromatic rings. The summed E-state index contributed by atoms with van der Waals surface area (Å²) < 4.78 is 36.3. The molecule has 0 N–H and O–H groups in total. The van der Waals surface area contributed by atoms with E-state index in [1.165, 1.54) is 6.92 Å². The molecule has 0 radical (unpaired) electrons. The molecule has 0 spiro atoms. The van der Waals surface area contributed by atoms with Crippen molar-refractivity contribution in [2.75, 3.05) is 0 Å². The normalized spacial score (nSPS) is 12.1. The van der Waals surface area contributed by atoms with Crippen LogP contribution in [0.4, 0.5) is 13.2 Å². The Hall–Kier alpha value is -0.780. The number of nitrogens with zero attached hydrogens (tertiary/aromatic N) is 3. The van der Waals surface area contributed by atoms with Crippen LogP contribution in [0.1, 0.15) is 5.82 Å². The molecule has 1 heterocycles. The first-order valence-corrected chi connectivity index (χ1v) is 3.40. The highest BCUT2D eigenvalue weighted by atomic mass is 35.5. The van der Waals surface area contributed by atoms with Gasteiger partial charge in [-0.15, -0.1) is 10.2 Å². The molecule has 0 atom stereocenters. The van der Waals surface area contributed by atoms with E-state index >= 15 is 0 Å². The van der Waals surface area contributed by atoms with E-state index in [1.807, 2.05) is 0 Å². The second-order valence-corrected chi connectivity index (χ2v) is 2.56. The largest absolute Gasteiger partial charge is 0.406 e. The van der Waals surface area contributed by atoms with Gasteiger partial charge in [-0.25, -0.2) is 0 Å². The second kappa shape index (κ2) is 2.93. The Morgan fingerprint density at radius 3 is 2.33 bits per heavy atom. The summed E-state index contributed by atoms with van der Waals surface area (Å²) in [4.78, 5) is 0. The smallest absolute Gasteiger partial charge is 0.293 e. The van der Waals surface area contributed by atoms with Crippen LogP contribution in [0.5, 0.6) is 0 Å². The van der Waals surface area contributed by atoms with Crippen molar-refractivity contribution in [1.29, 1.82) is 0 Å². The molecule has 0 aliphatic heterocycles. The van der Waals surface area contributed by atoms with Crippen LogP contribution in [0, 0.1) is 6.92 Å². The number of halogens is 4. The van der Waals surface area contributed by atoms with Crippen molar-refractivity contribution in [3.8, 4) is 0 Å². The molecule has 0 saturated carbocycles. The molecule has 12 heavy (non-hydrogen) atoms. The SMILES string of the molecule is Cc1nnc(Cl)n1CC(F)(F)F. The van der Waals surface area contributed by atoms with Gasteiger partial charge in [0.05, 0.1) is 0 Å². The lowest BCUT2D eigenvalue weighted by Gasteiger charge is -2.08. The van der Waals surface area contributed by atoms with E-state index in [0.717, 1.165) is 4.57 Å². The molecule has 1 rings (SSSR count). The van der Waals surface area contributed by atoms with Crippen molar-refractivity contribution in [3.05, 3.63) is 11.1 Å². The zero-order chi connectivity index (χ0) is 9.35. The predicted octanol–water partition coefficient (Wildman–Crippen LogP) is 1.80. The van der Waals surface area contributed by atoms with Crippen molar-refractivity contribution >= 4 is 11.6 Å². The number of rotatable bonds is 1. The first-order valence-electron chi connectivity index (χ1n) is 3.02. The number of aromatic nitrogens is 3. The van der Waals surface area contributed by atoms with Gasteiger partial charge in [0.25, 0.3) is 0 Å². The van der Waals surface area contributed by atoms with Crippen LogP contribution in [-0.2, 0) is 6.54 Å². The van der Waals surface area contributed by atoms with Crippen LogP contribution in [0.15, 0.2) is 0 Å². The van der Waals surface area contributed by atoms with Gasteiger partial charge in [-0.3, -0.25) is 4.57 Å². The maximum Gasteiger partial charge on any atom is 0.406 e. The van der Waals surface area contributed by atoms with Crippen molar-refractivity contribution in [2.45, 2.75) is 19.6 Å². The first kappa shape index (κ1) is 9.31. The fourth-order valence-electron chi connectivity index (χ4n) is 0.714. The standard InChI is InChI=1S/C5H5ClF3N3/c1-3-10-11-4(6)12(3)2-5(7,8)9/h2H2,1H3. The quantitative estimate of drug-likeness (QED) is 0.691. The molecule has 7 heteroatoms. The van der Waals surface area contributed by atoms with Gasteiger partial charge >= 0.3 is 6.18 Å². The molecule has 0 unspecified atom stereocenters. The Bertz CT molecular complexity index is 260. The van der Waals surface area contributed by atoms with Crippen LogP contribution in [-0.4, -0.2) is 20.9 Å². The van der Waals surface area contributed by atoms with Crippen molar-refractivity contribution in [2.24, 2.45) is 0 Å². The third-order valence-corrected chi connectivity index (χ3v) is 1.51. The molecule has 1 aromatic heterocycles. The summed E-state index contributed by atoms with van der Waals surface area (Å²) >= 11 is 5.34. The fourth-order valence-corrected chi connectivity index (χ4v) is 0.934. The number of alkyl halides is 3. The first-order chi connectivity index (χ1) is 5.40. The van der Waals surface area contributed by atoms with E-state index in [0.29, 0.717) is 0 Å². The summed E-state index contributed by atoms with van der Waals surface area (Å²) in [5, 5.41) is 6.41. The van der Waals surface area contributed by atoms with E-state index in [2.05, 4.69) is 10.2 Å². The minimum Gasteiger partial charge on any atom is -0.293 e. The molecule has 0 aliphatic carbocycles. The van der Waals surface area contributed by atoms with Gasteiger partial charge in [0, 0.05) is 0 Å². The Morgan fingerprint density at radius 2 is 2.00 bits per heavy atom. The highest BCUT2D eigenvalue weighted by molar-refractivity contribution is 6.28. The number of aryl methyl sites for hydroxylation is 1. The van der Waals surface area contributed by atoms with Crippen LogP contribution in [0.25, 0.3) is 0 Å². The van der Waals surface area contributed by atoms with Crippen LogP contribution in [0.2, 0.25) is 5.28 Å². The molecule has 68 valence electrons. The third-order valence-electron chi connectivity index (χ3n) is 1.23. The Morgan fingerprint density at radius 1 is 1.42 bits per heavy atom. The predicted molar refractivity (Wildman–Crippen MR) is 35.8 cm³/mol. The Balaban J connectivity index is 2.88.